The standard InChI is InChI=1S/C28H39N9O5.ClH/c1-18(2)12-25(27(39)40)37-17-23(32-34-37)20-13-19(14-21(15-20)26(38)35-10-8-30-9-11-35)22-16-36(33-31-22)24(28(41)42-3)6-4-5-7-29;/h13-18,24-25,30H,4-12,29H2,1-3H3,(H,39,40);1H/t24-,25-;/m0./s1. The minimum atomic E-state index is -0.994. The summed E-state index contributed by atoms with van der Waals surface area (Å²) in [5, 5.41) is 29.9. The Kier molecular flexibility index (Phi) is 12.2. The largest absolute Gasteiger partial charge is 0.480 e. The monoisotopic (exact) mass is 617 g/mol. The van der Waals surface area contributed by atoms with Gasteiger partial charge in [-0.25, -0.2) is 19.0 Å². The van der Waals surface area contributed by atoms with Crippen LogP contribution in [0.15, 0.2) is 30.6 Å². The Morgan fingerprint density at radius 3 is 2.07 bits per heavy atom. The van der Waals surface area contributed by atoms with Crippen LogP contribution >= 0.6 is 12.4 Å². The molecule has 1 saturated heterocycles. The van der Waals surface area contributed by atoms with Crippen LogP contribution in [0.3, 0.4) is 0 Å². The highest BCUT2D eigenvalue weighted by molar-refractivity contribution is 5.97. The minimum absolute atomic E-state index is 0. The molecule has 234 valence electrons. The van der Waals surface area contributed by atoms with Crippen LogP contribution in [0.2, 0.25) is 0 Å². The van der Waals surface area contributed by atoms with E-state index in [0.29, 0.717) is 80.1 Å². The number of nitrogens with two attached hydrogens (primary N) is 1. The van der Waals surface area contributed by atoms with Crippen molar-refractivity contribution in [1.29, 1.82) is 0 Å². The van der Waals surface area contributed by atoms with Crippen LogP contribution in [-0.2, 0) is 14.3 Å². The van der Waals surface area contributed by atoms with Crippen LogP contribution in [0.4, 0.5) is 0 Å². The van der Waals surface area contributed by atoms with E-state index in [2.05, 4.69) is 25.9 Å². The number of rotatable bonds is 13. The van der Waals surface area contributed by atoms with Gasteiger partial charge >= 0.3 is 11.9 Å². The number of amides is 1. The maximum Gasteiger partial charge on any atom is 0.330 e. The third-order valence-corrected chi connectivity index (χ3v) is 7.22. The fourth-order valence-corrected chi connectivity index (χ4v) is 4.96. The molecule has 14 nitrogen and oxygen atoms in total. The number of nitrogens with zero attached hydrogens (tertiary/aromatic N) is 7. The van der Waals surface area contributed by atoms with Gasteiger partial charge in [-0.1, -0.05) is 24.3 Å². The lowest BCUT2D eigenvalue weighted by Crippen LogP contribution is -2.46. The van der Waals surface area contributed by atoms with Crippen LogP contribution in [0.1, 0.15) is 62.0 Å². The number of carboxylic acid groups (broad SMARTS) is 1. The summed E-state index contributed by atoms with van der Waals surface area (Å²) in [5.41, 5.74) is 8.09. The van der Waals surface area contributed by atoms with E-state index in [9.17, 15) is 19.5 Å². The third kappa shape index (κ3) is 8.36. The van der Waals surface area contributed by atoms with Crippen molar-refractivity contribution in [2.75, 3.05) is 39.8 Å². The van der Waals surface area contributed by atoms with Gasteiger partial charge in [-0.05, 0) is 56.3 Å². The van der Waals surface area contributed by atoms with Gasteiger partial charge < -0.3 is 25.8 Å². The second-order valence-electron chi connectivity index (χ2n) is 10.8. The van der Waals surface area contributed by atoms with Crippen molar-refractivity contribution in [2.24, 2.45) is 11.7 Å². The van der Waals surface area contributed by atoms with Gasteiger partial charge in [0.25, 0.3) is 5.91 Å². The normalized spacial score (nSPS) is 14.7. The summed E-state index contributed by atoms with van der Waals surface area (Å²) >= 11 is 0. The van der Waals surface area contributed by atoms with Gasteiger partial charge in [-0.3, -0.25) is 4.79 Å². The highest BCUT2D eigenvalue weighted by Gasteiger charge is 2.26. The van der Waals surface area contributed by atoms with E-state index in [1.54, 1.807) is 35.5 Å². The molecule has 15 heteroatoms. The van der Waals surface area contributed by atoms with Crippen LogP contribution in [0, 0.1) is 5.92 Å². The molecule has 0 aliphatic carbocycles. The Bertz CT molecular complexity index is 1390. The number of benzene rings is 1. The lowest BCUT2D eigenvalue weighted by atomic mass is 10.0. The Labute approximate surface area is 256 Å². The number of aromatic nitrogens is 6. The van der Waals surface area contributed by atoms with Crippen LogP contribution in [0.25, 0.3) is 22.5 Å². The summed E-state index contributed by atoms with van der Waals surface area (Å²) in [5.74, 6) is -1.43. The molecule has 3 aromatic rings. The lowest BCUT2D eigenvalue weighted by Gasteiger charge is -2.27. The zero-order valence-electron chi connectivity index (χ0n) is 24.7. The first kappa shape index (κ1) is 33.6. The van der Waals surface area contributed by atoms with Crippen molar-refractivity contribution in [1.82, 2.24) is 40.2 Å². The summed E-state index contributed by atoms with van der Waals surface area (Å²) in [4.78, 5) is 39.8. The molecule has 3 heterocycles. The molecule has 4 rings (SSSR count). The molecule has 0 bridgehead atoms. The van der Waals surface area contributed by atoms with Gasteiger partial charge in [0.1, 0.15) is 11.4 Å². The number of hydrogen-bond donors (Lipinski definition) is 3. The molecule has 4 N–H and O–H groups in total. The summed E-state index contributed by atoms with van der Waals surface area (Å²) < 4.78 is 7.82. The fraction of sp³-hybridized carbons (Fsp3) is 0.536. The number of hydrogen-bond acceptors (Lipinski definition) is 10. The molecule has 1 aromatic carbocycles. The van der Waals surface area contributed by atoms with Gasteiger partial charge in [0.15, 0.2) is 12.1 Å². The second-order valence-corrected chi connectivity index (χ2v) is 10.8. The molecule has 2 aromatic heterocycles. The van der Waals surface area contributed by atoms with E-state index >= 15 is 0 Å². The number of esters is 1. The number of methoxy groups -OCH3 is 1. The molecule has 1 fully saturated rings. The highest BCUT2D eigenvalue weighted by Crippen LogP contribution is 2.29. The number of nitrogens with one attached hydrogen (secondary N) is 1. The Hall–Kier alpha value is -3.88. The first-order valence-electron chi connectivity index (χ1n) is 14.2. The lowest BCUT2D eigenvalue weighted by molar-refractivity contribution is -0.145. The fourth-order valence-electron chi connectivity index (χ4n) is 4.96. The number of unbranched alkanes of at least 4 members (excludes halogenated alkanes) is 1. The average molecular weight is 618 g/mol. The van der Waals surface area contributed by atoms with Gasteiger partial charge in [0.2, 0.25) is 0 Å². The predicted octanol–water partition coefficient (Wildman–Crippen LogP) is 2.19. The molecule has 1 aliphatic rings. The molecule has 1 aliphatic heterocycles. The third-order valence-electron chi connectivity index (χ3n) is 7.22. The zero-order chi connectivity index (χ0) is 30.2. The number of ether oxygens (including phenoxy) is 1. The van der Waals surface area contributed by atoms with Crippen LogP contribution in [-0.4, -0.2) is 97.7 Å². The highest BCUT2D eigenvalue weighted by atomic mass is 35.5. The van der Waals surface area contributed by atoms with Gasteiger partial charge in [0.05, 0.1) is 19.5 Å². The smallest absolute Gasteiger partial charge is 0.330 e. The molecule has 2 atom stereocenters. The van der Waals surface area contributed by atoms with Gasteiger partial charge in [-0.2, -0.15) is 0 Å². The summed E-state index contributed by atoms with van der Waals surface area (Å²) in [6.07, 6.45) is 5.59. The van der Waals surface area contributed by atoms with Crippen molar-refractivity contribution >= 4 is 30.3 Å². The number of halogens is 1. The first-order chi connectivity index (χ1) is 20.2. The van der Waals surface area contributed by atoms with E-state index in [1.165, 1.54) is 16.5 Å². The molecule has 43 heavy (non-hydrogen) atoms. The van der Waals surface area contributed by atoms with Crippen molar-refractivity contribution in [3.63, 3.8) is 0 Å². The molecular formula is C28H40ClN9O5. The first-order valence-corrected chi connectivity index (χ1v) is 14.2. The zero-order valence-corrected chi connectivity index (χ0v) is 25.5. The number of carboxylic acids is 1. The van der Waals surface area contributed by atoms with E-state index in [1.807, 2.05) is 13.8 Å². The number of aliphatic carboxylic acids is 1. The molecule has 0 radical (unpaired) electrons. The van der Waals surface area contributed by atoms with E-state index in [-0.39, 0.29) is 24.2 Å². The van der Waals surface area contributed by atoms with Crippen molar-refractivity contribution < 1.29 is 24.2 Å². The Balaban J connectivity index is 0.00000506. The SMILES string of the molecule is COC(=O)[C@H](CCCCN)n1cc(-c2cc(C(=O)N3CCNCC3)cc(-c3cn([C@@H](CC(C)C)C(=O)O)nn3)c2)nn1.Cl. The number of carbonyl (C=O) groups is 3. The minimum Gasteiger partial charge on any atom is -0.480 e. The topological polar surface area (TPSA) is 183 Å². The van der Waals surface area contributed by atoms with Crippen LogP contribution < -0.4 is 11.1 Å². The Morgan fingerprint density at radius 1 is 0.977 bits per heavy atom. The van der Waals surface area contributed by atoms with Crippen LogP contribution in [0.5, 0.6) is 0 Å². The predicted molar refractivity (Wildman–Crippen MR) is 161 cm³/mol. The molecule has 0 saturated carbocycles. The molecule has 0 spiro atoms. The van der Waals surface area contributed by atoms with E-state index in [0.717, 1.165) is 6.42 Å². The number of piperazine rings is 1. The molecule has 1 amide bonds. The van der Waals surface area contributed by atoms with E-state index in [4.69, 9.17) is 10.5 Å². The maximum atomic E-state index is 13.5. The van der Waals surface area contributed by atoms with Crippen molar-refractivity contribution in [2.45, 2.75) is 51.6 Å². The maximum absolute atomic E-state index is 13.5. The summed E-state index contributed by atoms with van der Waals surface area (Å²) in [6, 6.07) is 3.74. The van der Waals surface area contributed by atoms with E-state index < -0.39 is 24.0 Å². The summed E-state index contributed by atoms with van der Waals surface area (Å²) in [7, 11) is 1.33. The Morgan fingerprint density at radius 2 is 1.56 bits per heavy atom. The van der Waals surface area contributed by atoms with Crippen molar-refractivity contribution in [3.8, 4) is 22.5 Å². The number of carbonyl (C=O) groups excluding carboxylic acids is 2. The van der Waals surface area contributed by atoms with Crippen molar-refractivity contribution in [3.05, 3.63) is 36.2 Å². The van der Waals surface area contributed by atoms with Gasteiger partial charge in [-0.15, -0.1) is 22.6 Å². The average Bonchev–Trinajstić information content (AvgIpc) is 3.68. The van der Waals surface area contributed by atoms with Gasteiger partial charge in [0, 0.05) is 42.9 Å². The molecule has 0 unspecified atom stereocenters. The second kappa shape index (κ2) is 15.5. The molecular weight excluding hydrogens is 578 g/mol. The summed E-state index contributed by atoms with van der Waals surface area (Å²) in [6.45, 7) is 6.96. The quantitative estimate of drug-likeness (QED) is 0.189.